The number of likely N-dealkylation sites (tertiary alicyclic amines) is 1. The molecule has 0 aliphatic carbocycles. The number of para-hydroxylation sites is 1. The molecule has 1 aromatic rings. The zero-order valence-corrected chi connectivity index (χ0v) is 18.7. The molecular formula is C21H34Cl2N4O2. The number of nitrogen functional groups attached to an aromatic ring is 1. The lowest BCUT2D eigenvalue weighted by Crippen LogP contribution is -2.51. The molecular weight excluding hydrogens is 411 g/mol. The van der Waals surface area contributed by atoms with E-state index in [2.05, 4.69) is 4.90 Å². The van der Waals surface area contributed by atoms with Crippen LogP contribution in [-0.2, 0) is 16.0 Å². The summed E-state index contributed by atoms with van der Waals surface area (Å²) in [5.41, 5.74) is 7.74. The van der Waals surface area contributed by atoms with Crippen molar-refractivity contribution in [3.8, 4) is 0 Å². The van der Waals surface area contributed by atoms with E-state index in [-0.39, 0.29) is 36.6 Å². The number of rotatable bonds is 5. The highest BCUT2D eigenvalue weighted by Crippen LogP contribution is 2.14. The minimum absolute atomic E-state index is 0. The van der Waals surface area contributed by atoms with E-state index < -0.39 is 0 Å². The third-order valence-electron chi connectivity index (χ3n) is 5.71. The minimum Gasteiger partial charge on any atom is -0.399 e. The van der Waals surface area contributed by atoms with E-state index in [1.165, 1.54) is 12.8 Å². The lowest BCUT2D eigenvalue weighted by Gasteiger charge is -2.35. The van der Waals surface area contributed by atoms with Crippen LogP contribution in [0.3, 0.4) is 0 Å². The number of anilines is 1. The van der Waals surface area contributed by atoms with Gasteiger partial charge in [-0.25, -0.2) is 0 Å². The Kier molecular flexibility index (Phi) is 11.4. The zero-order valence-electron chi connectivity index (χ0n) is 17.1. The molecule has 2 heterocycles. The monoisotopic (exact) mass is 444 g/mol. The van der Waals surface area contributed by atoms with Crippen molar-refractivity contribution in [1.82, 2.24) is 14.7 Å². The fraction of sp³-hybridized carbons (Fsp3) is 0.619. The number of carbonyl (C=O) groups excluding carboxylic acids is 2. The normalized spacial score (nSPS) is 17.7. The van der Waals surface area contributed by atoms with Crippen LogP contribution >= 0.6 is 24.8 Å². The van der Waals surface area contributed by atoms with Gasteiger partial charge in [-0.3, -0.25) is 14.5 Å². The smallest absolute Gasteiger partial charge is 0.236 e. The molecule has 0 spiro atoms. The summed E-state index contributed by atoms with van der Waals surface area (Å²) in [7, 11) is 0. The van der Waals surface area contributed by atoms with Crippen LogP contribution in [0.15, 0.2) is 24.3 Å². The van der Waals surface area contributed by atoms with E-state index in [0.29, 0.717) is 32.5 Å². The molecule has 0 radical (unpaired) electrons. The Balaban J connectivity index is 0.00000210. The Labute approximate surface area is 186 Å². The van der Waals surface area contributed by atoms with Gasteiger partial charge in [0.05, 0.1) is 6.54 Å². The number of nitrogens with zero attached hydrogens (tertiary/aromatic N) is 3. The van der Waals surface area contributed by atoms with E-state index in [9.17, 15) is 9.59 Å². The molecule has 8 heteroatoms. The SMILES string of the molecule is Cl.Cl.Nc1ccccc1CCC(=O)N1CCN(CC(=O)N2CCCCCC2)CC1. The third kappa shape index (κ3) is 7.68. The Hall–Kier alpha value is -1.50. The zero-order chi connectivity index (χ0) is 19.1. The topological polar surface area (TPSA) is 69.9 Å². The van der Waals surface area contributed by atoms with Gasteiger partial charge in [-0.2, -0.15) is 0 Å². The van der Waals surface area contributed by atoms with Gasteiger partial charge >= 0.3 is 0 Å². The van der Waals surface area contributed by atoms with Crippen molar-refractivity contribution in [2.45, 2.75) is 38.5 Å². The van der Waals surface area contributed by atoms with E-state index in [0.717, 1.165) is 50.3 Å². The number of benzene rings is 1. The summed E-state index contributed by atoms with van der Waals surface area (Å²) in [4.78, 5) is 31.1. The van der Waals surface area contributed by atoms with Crippen LogP contribution in [0.5, 0.6) is 0 Å². The second-order valence-electron chi connectivity index (χ2n) is 7.65. The molecule has 2 fully saturated rings. The summed E-state index contributed by atoms with van der Waals surface area (Å²) in [5.74, 6) is 0.424. The van der Waals surface area contributed by atoms with Crippen molar-refractivity contribution in [3.63, 3.8) is 0 Å². The van der Waals surface area contributed by atoms with Gasteiger partial charge in [0.25, 0.3) is 0 Å². The van der Waals surface area contributed by atoms with Gasteiger partial charge in [0, 0.05) is 51.4 Å². The number of hydrogen-bond acceptors (Lipinski definition) is 4. The van der Waals surface area contributed by atoms with Crippen LogP contribution in [0.1, 0.15) is 37.7 Å². The first-order valence-electron chi connectivity index (χ1n) is 10.2. The van der Waals surface area contributed by atoms with Gasteiger partial charge in [-0.05, 0) is 30.9 Å². The third-order valence-corrected chi connectivity index (χ3v) is 5.71. The molecule has 2 aliphatic heterocycles. The molecule has 6 nitrogen and oxygen atoms in total. The highest BCUT2D eigenvalue weighted by molar-refractivity contribution is 5.85. The highest BCUT2D eigenvalue weighted by Gasteiger charge is 2.24. The number of carbonyl (C=O) groups is 2. The molecule has 2 N–H and O–H groups in total. The average molecular weight is 445 g/mol. The fourth-order valence-electron chi connectivity index (χ4n) is 3.93. The maximum Gasteiger partial charge on any atom is 0.236 e. The van der Waals surface area contributed by atoms with Crippen LogP contribution in [-0.4, -0.2) is 72.3 Å². The van der Waals surface area contributed by atoms with Gasteiger partial charge < -0.3 is 15.5 Å². The summed E-state index contributed by atoms with van der Waals surface area (Å²) in [6.07, 6.45) is 5.89. The molecule has 164 valence electrons. The summed E-state index contributed by atoms with van der Waals surface area (Å²) >= 11 is 0. The van der Waals surface area contributed by atoms with Crippen LogP contribution in [0.25, 0.3) is 0 Å². The van der Waals surface area contributed by atoms with Crippen LogP contribution < -0.4 is 5.73 Å². The molecule has 0 unspecified atom stereocenters. The number of amides is 2. The van der Waals surface area contributed by atoms with Crippen molar-refractivity contribution in [3.05, 3.63) is 29.8 Å². The first kappa shape index (κ1) is 25.5. The predicted molar refractivity (Wildman–Crippen MR) is 122 cm³/mol. The molecule has 3 rings (SSSR count). The lowest BCUT2D eigenvalue weighted by molar-refractivity contribution is -0.135. The molecule has 0 atom stereocenters. The van der Waals surface area contributed by atoms with Gasteiger partial charge in [0.1, 0.15) is 0 Å². The van der Waals surface area contributed by atoms with Crippen molar-refractivity contribution in [1.29, 1.82) is 0 Å². The van der Waals surface area contributed by atoms with Gasteiger partial charge in [-0.15, -0.1) is 24.8 Å². The highest BCUT2D eigenvalue weighted by atomic mass is 35.5. The molecule has 2 aliphatic rings. The summed E-state index contributed by atoms with van der Waals surface area (Å²) < 4.78 is 0. The average Bonchev–Trinajstić information content (AvgIpc) is 2.97. The van der Waals surface area contributed by atoms with Gasteiger partial charge in [0.2, 0.25) is 11.8 Å². The predicted octanol–water partition coefficient (Wildman–Crippen LogP) is 2.59. The van der Waals surface area contributed by atoms with E-state index in [4.69, 9.17) is 5.73 Å². The molecule has 2 saturated heterocycles. The molecule has 29 heavy (non-hydrogen) atoms. The maximum absolute atomic E-state index is 12.5. The number of halogens is 2. The summed E-state index contributed by atoms with van der Waals surface area (Å²) in [6.45, 7) is 5.26. The summed E-state index contributed by atoms with van der Waals surface area (Å²) in [5, 5.41) is 0. The lowest BCUT2D eigenvalue weighted by atomic mass is 10.1. The second-order valence-corrected chi connectivity index (χ2v) is 7.65. The van der Waals surface area contributed by atoms with Crippen LogP contribution in [0, 0.1) is 0 Å². The Bertz CT molecular complexity index is 643. The van der Waals surface area contributed by atoms with Crippen molar-refractivity contribution in [2.75, 3.05) is 51.5 Å². The number of hydrogen-bond donors (Lipinski definition) is 1. The molecule has 0 bridgehead atoms. The van der Waals surface area contributed by atoms with Crippen LogP contribution in [0.2, 0.25) is 0 Å². The first-order chi connectivity index (χ1) is 13.1. The summed E-state index contributed by atoms with van der Waals surface area (Å²) in [6, 6.07) is 7.72. The van der Waals surface area contributed by atoms with Crippen LogP contribution in [0.4, 0.5) is 5.69 Å². The largest absolute Gasteiger partial charge is 0.399 e. The number of aryl methyl sites for hydroxylation is 1. The molecule has 0 saturated carbocycles. The number of nitrogens with two attached hydrogens (primary N) is 1. The Morgan fingerprint density at radius 2 is 1.38 bits per heavy atom. The molecule has 0 aromatic heterocycles. The fourth-order valence-corrected chi connectivity index (χ4v) is 3.93. The molecule has 1 aromatic carbocycles. The Morgan fingerprint density at radius 1 is 0.793 bits per heavy atom. The van der Waals surface area contributed by atoms with Gasteiger partial charge in [0.15, 0.2) is 0 Å². The van der Waals surface area contributed by atoms with Gasteiger partial charge in [-0.1, -0.05) is 31.0 Å². The number of piperazine rings is 1. The maximum atomic E-state index is 12.5. The second kappa shape index (κ2) is 12.9. The quantitative estimate of drug-likeness (QED) is 0.708. The molecule has 2 amide bonds. The standard InChI is InChI=1S/C21H32N4O2.2ClH/c22-19-8-4-3-7-18(19)9-10-20(26)25-15-13-23(14-16-25)17-21(27)24-11-5-1-2-6-12-24;;/h3-4,7-8H,1-2,5-6,9-17,22H2;2*1H. The first-order valence-corrected chi connectivity index (χ1v) is 10.2. The van der Waals surface area contributed by atoms with Crippen molar-refractivity contribution >= 4 is 42.3 Å². The van der Waals surface area contributed by atoms with E-state index in [1.807, 2.05) is 34.1 Å². The van der Waals surface area contributed by atoms with Crippen molar-refractivity contribution in [2.24, 2.45) is 0 Å². The van der Waals surface area contributed by atoms with E-state index in [1.54, 1.807) is 0 Å². The minimum atomic E-state index is 0. The van der Waals surface area contributed by atoms with Crippen molar-refractivity contribution < 1.29 is 9.59 Å². The van der Waals surface area contributed by atoms with E-state index >= 15 is 0 Å². The Morgan fingerprint density at radius 3 is 2.00 bits per heavy atom.